The Morgan fingerprint density at radius 2 is 1.89 bits per heavy atom. The average molecular weight is 281 g/mol. The number of hydrogen-bond acceptors (Lipinski definition) is 4. The number of aromatic nitrogens is 1. The molecule has 19 heavy (non-hydrogen) atoms. The summed E-state index contributed by atoms with van der Waals surface area (Å²) < 4.78 is 29.8. The van der Waals surface area contributed by atoms with Gasteiger partial charge in [-0.3, -0.25) is 0 Å². The van der Waals surface area contributed by atoms with Crippen molar-refractivity contribution in [1.82, 2.24) is 3.97 Å². The van der Waals surface area contributed by atoms with Crippen molar-refractivity contribution >= 4 is 26.9 Å². The Kier molecular flexibility index (Phi) is 3.36. The molecule has 0 aliphatic rings. The lowest BCUT2D eigenvalue weighted by Gasteiger charge is -2.10. The third-order valence-electron chi connectivity index (χ3n) is 2.55. The van der Waals surface area contributed by atoms with Crippen molar-refractivity contribution in [3.63, 3.8) is 0 Å². The van der Waals surface area contributed by atoms with E-state index < -0.39 is 16.0 Å². The maximum absolute atomic E-state index is 12.0. The fourth-order valence-electron chi connectivity index (χ4n) is 1.90. The number of rotatable bonds is 3. The van der Waals surface area contributed by atoms with E-state index in [-0.39, 0.29) is 11.8 Å². The summed E-state index contributed by atoms with van der Waals surface area (Å²) in [7, 11) is -3.58. The van der Waals surface area contributed by atoms with Crippen LogP contribution >= 0.6 is 0 Å². The highest BCUT2D eigenvalue weighted by atomic mass is 32.2. The summed E-state index contributed by atoms with van der Waals surface area (Å²) in [6.07, 6.45) is 0.754. The predicted molar refractivity (Wildman–Crippen MR) is 72.7 cm³/mol. The fourth-order valence-corrected chi connectivity index (χ4v) is 2.91. The molecule has 1 aromatic carbocycles. The molecule has 0 radical (unpaired) electrons. The molecular weight excluding hydrogens is 266 g/mol. The minimum Gasteiger partial charge on any atom is -0.458 e. The van der Waals surface area contributed by atoms with E-state index in [4.69, 9.17) is 4.74 Å². The number of ether oxygens (including phenoxy) is 1. The number of para-hydroxylation sites is 1. The average Bonchev–Trinajstić information content (AvgIpc) is 2.66. The molecule has 0 fully saturated rings. The standard InChI is InChI=1S/C13H15NO4S/c1-9(2)18-13(15)12-8-10-6-4-5-7-11(10)14(12)19(3,16)17/h4-9H,1-3H3. The first-order chi connectivity index (χ1) is 8.80. The first-order valence-corrected chi connectivity index (χ1v) is 7.67. The lowest BCUT2D eigenvalue weighted by molar-refractivity contribution is 0.0370. The van der Waals surface area contributed by atoms with Crippen molar-refractivity contribution in [2.75, 3.05) is 6.26 Å². The van der Waals surface area contributed by atoms with E-state index in [0.717, 1.165) is 10.2 Å². The van der Waals surface area contributed by atoms with Crippen LogP contribution in [0.5, 0.6) is 0 Å². The third-order valence-corrected chi connectivity index (χ3v) is 3.61. The summed E-state index contributed by atoms with van der Waals surface area (Å²) >= 11 is 0. The summed E-state index contributed by atoms with van der Waals surface area (Å²) in [5, 5.41) is 0.684. The van der Waals surface area contributed by atoms with Crippen LogP contribution < -0.4 is 0 Å². The molecule has 0 aliphatic heterocycles. The molecule has 1 aromatic heterocycles. The summed E-state index contributed by atoms with van der Waals surface area (Å²) in [5.41, 5.74) is 0.498. The molecule has 5 nitrogen and oxygen atoms in total. The Morgan fingerprint density at radius 3 is 2.47 bits per heavy atom. The quantitative estimate of drug-likeness (QED) is 0.807. The van der Waals surface area contributed by atoms with Gasteiger partial charge in [-0.2, -0.15) is 0 Å². The van der Waals surface area contributed by atoms with Gasteiger partial charge in [-0.25, -0.2) is 17.2 Å². The van der Waals surface area contributed by atoms with Gasteiger partial charge in [-0.1, -0.05) is 18.2 Å². The van der Waals surface area contributed by atoms with Gasteiger partial charge < -0.3 is 4.74 Å². The number of esters is 1. The van der Waals surface area contributed by atoms with Gasteiger partial charge >= 0.3 is 5.97 Å². The molecule has 6 heteroatoms. The lowest BCUT2D eigenvalue weighted by atomic mass is 10.2. The highest BCUT2D eigenvalue weighted by Crippen LogP contribution is 2.22. The number of carbonyl (C=O) groups is 1. The second kappa shape index (κ2) is 4.70. The van der Waals surface area contributed by atoms with E-state index >= 15 is 0 Å². The molecule has 0 saturated carbocycles. The first kappa shape index (κ1) is 13.6. The monoisotopic (exact) mass is 281 g/mol. The number of benzene rings is 1. The highest BCUT2D eigenvalue weighted by molar-refractivity contribution is 7.89. The van der Waals surface area contributed by atoms with Gasteiger partial charge in [0, 0.05) is 5.39 Å². The molecule has 1 heterocycles. The van der Waals surface area contributed by atoms with E-state index in [9.17, 15) is 13.2 Å². The molecule has 0 atom stereocenters. The van der Waals surface area contributed by atoms with E-state index in [1.54, 1.807) is 38.1 Å². The number of carbonyl (C=O) groups excluding carboxylic acids is 1. The SMILES string of the molecule is CC(C)OC(=O)c1cc2ccccc2n1S(C)(=O)=O. The first-order valence-electron chi connectivity index (χ1n) is 5.82. The van der Waals surface area contributed by atoms with Crippen LogP contribution in [0.1, 0.15) is 24.3 Å². The minimum atomic E-state index is -3.58. The van der Waals surface area contributed by atoms with Crippen LogP contribution in [-0.4, -0.2) is 30.7 Å². The van der Waals surface area contributed by atoms with Crippen molar-refractivity contribution in [3.05, 3.63) is 36.0 Å². The molecule has 0 amide bonds. The number of nitrogens with zero attached hydrogens (tertiary/aromatic N) is 1. The normalized spacial score (nSPS) is 12.0. The second-order valence-corrected chi connectivity index (χ2v) is 6.40. The van der Waals surface area contributed by atoms with Crippen molar-refractivity contribution in [1.29, 1.82) is 0 Å². The van der Waals surface area contributed by atoms with Gasteiger partial charge in [-0.15, -0.1) is 0 Å². The van der Waals surface area contributed by atoms with Crippen LogP contribution in [0.2, 0.25) is 0 Å². The Balaban J connectivity index is 2.70. The Morgan fingerprint density at radius 1 is 1.26 bits per heavy atom. The van der Waals surface area contributed by atoms with E-state index in [1.807, 2.05) is 0 Å². The largest absolute Gasteiger partial charge is 0.458 e. The molecule has 0 N–H and O–H groups in total. The van der Waals surface area contributed by atoms with Gasteiger partial charge in [-0.05, 0) is 26.0 Å². The van der Waals surface area contributed by atoms with E-state index in [0.29, 0.717) is 10.9 Å². The number of fused-ring (bicyclic) bond motifs is 1. The maximum atomic E-state index is 12.0. The Hall–Kier alpha value is -1.82. The van der Waals surface area contributed by atoms with Crippen LogP contribution in [-0.2, 0) is 14.8 Å². The minimum absolute atomic E-state index is 0.0254. The smallest absolute Gasteiger partial charge is 0.356 e. The topological polar surface area (TPSA) is 65.4 Å². The molecule has 0 unspecified atom stereocenters. The van der Waals surface area contributed by atoms with E-state index in [1.165, 1.54) is 6.07 Å². The van der Waals surface area contributed by atoms with Crippen LogP contribution in [0.4, 0.5) is 0 Å². The van der Waals surface area contributed by atoms with Crippen molar-refractivity contribution < 1.29 is 17.9 Å². The summed E-state index contributed by atoms with van der Waals surface area (Å²) in [5.74, 6) is -0.642. The number of hydrogen-bond donors (Lipinski definition) is 0. The molecule has 0 spiro atoms. The molecule has 2 aromatic rings. The molecule has 0 aliphatic carbocycles. The third kappa shape index (κ3) is 2.63. The zero-order chi connectivity index (χ0) is 14.2. The highest BCUT2D eigenvalue weighted by Gasteiger charge is 2.22. The van der Waals surface area contributed by atoms with Crippen LogP contribution in [0.15, 0.2) is 30.3 Å². The van der Waals surface area contributed by atoms with Crippen LogP contribution in [0, 0.1) is 0 Å². The predicted octanol–water partition coefficient (Wildman–Crippen LogP) is 2.01. The maximum Gasteiger partial charge on any atom is 0.356 e. The van der Waals surface area contributed by atoms with Crippen molar-refractivity contribution in [2.24, 2.45) is 0 Å². The summed E-state index contributed by atoms with van der Waals surface area (Å²) in [6, 6.07) is 8.45. The molecule has 2 rings (SSSR count). The van der Waals surface area contributed by atoms with Gasteiger partial charge in [0.1, 0.15) is 5.69 Å². The summed E-state index contributed by atoms with van der Waals surface area (Å²) in [4.78, 5) is 12.0. The summed E-state index contributed by atoms with van der Waals surface area (Å²) in [6.45, 7) is 3.43. The zero-order valence-electron chi connectivity index (χ0n) is 11.0. The van der Waals surface area contributed by atoms with Crippen LogP contribution in [0.3, 0.4) is 0 Å². The molecule has 102 valence electrons. The van der Waals surface area contributed by atoms with Gasteiger partial charge in [0.2, 0.25) is 10.0 Å². The second-order valence-electron chi connectivity index (χ2n) is 4.57. The fraction of sp³-hybridized carbons (Fsp3) is 0.308. The van der Waals surface area contributed by atoms with Gasteiger partial charge in [0.25, 0.3) is 0 Å². The molecule has 0 saturated heterocycles. The Bertz CT molecular complexity index is 728. The van der Waals surface area contributed by atoms with Gasteiger partial charge in [0.15, 0.2) is 0 Å². The van der Waals surface area contributed by atoms with Crippen LogP contribution in [0.25, 0.3) is 10.9 Å². The zero-order valence-corrected chi connectivity index (χ0v) is 11.8. The Labute approximate surface area is 111 Å². The molecular formula is C13H15NO4S. The van der Waals surface area contributed by atoms with Crippen molar-refractivity contribution in [2.45, 2.75) is 20.0 Å². The van der Waals surface area contributed by atoms with Gasteiger partial charge in [0.05, 0.1) is 17.9 Å². The van der Waals surface area contributed by atoms with E-state index in [2.05, 4.69) is 0 Å². The van der Waals surface area contributed by atoms with Crippen molar-refractivity contribution in [3.8, 4) is 0 Å². The molecule has 0 bridgehead atoms. The lowest BCUT2D eigenvalue weighted by Crippen LogP contribution is -2.20.